The molecule has 5 heteroatoms. The molecular weight excluding hydrogens is 268 g/mol. The lowest BCUT2D eigenvalue weighted by Crippen LogP contribution is -2.35. The second kappa shape index (κ2) is 6.92. The molecule has 2 N–H and O–H groups in total. The minimum absolute atomic E-state index is 0.202. The van der Waals surface area contributed by atoms with E-state index in [0.29, 0.717) is 24.3 Å². The monoisotopic (exact) mass is 290 g/mol. The van der Waals surface area contributed by atoms with Gasteiger partial charge in [-0.1, -0.05) is 12.2 Å². The van der Waals surface area contributed by atoms with Crippen LogP contribution in [0.5, 0.6) is 0 Å². The van der Waals surface area contributed by atoms with E-state index in [1.54, 1.807) is 17.9 Å². The molecule has 0 fully saturated rings. The minimum atomic E-state index is -0.999. The lowest BCUT2D eigenvalue weighted by molar-refractivity contribution is 0.0696. The Hall–Kier alpha value is -2.30. The average Bonchev–Trinajstić information content (AvgIpc) is 2.39. The van der Waals surface area contributed by atoms with E-state index in [4.69, 9.17) is 0 Å². The molecule has 0 heterocycles. The van der Waals surface area contributed by atoms with Gasteiger partial charge < -0.3 is 15.3 Å². The topological polar surface area (TPSA) is 69.6 Å². The summed E-state index contributed by atoms with van der Waals surface area (Å²) in [5, 5.41) is 11.9. The number of carbonyl (C=O) groups is 2. The molecule has 21 heavy (non-hydrogen) atoms. The summed E-state index contributed by atoms with van der Waals surface area (Å²) < 4.78 is 0. The molecule has 0 saturated carbocycles. The third-order valence-electron chi connectivity index (χ3n) is 3.28. The predicted octanol–water partition coefficient (Wildman–Crippen LogP) is 3.43. The van der Waals surface area contributed by atoms with Crippen molar-refractivity contribution in [2.45, 2.75) is 27.7 Å². The Balaban J connectivity index is 2.99. The number of anilines is 1. The van der Waals surface area contributed by atoms with E-state index in [0.717, 1.165) is 11.1 Å². The van der Waals surface area contributed by atoms with Crippen LogP contribution in [-0.2, 0) is 0 Å². The van der Waals surface area contributed by atoms with Gasteiger partial charge in [0.2, 0.25) is 0 Å². The van der Waals surface area contributed by atoms with E-state index >= 15 is 0 Å². The van der Waals surface area contributed by atoms with Crippen LogP contribution in [0.1, 0.15) is 35.3 Å². The Morgan fingerprint density at radius 3 is 2.43 bits per heavy atom. The number of hydrogen-bond acceptors (Lipinski definition) is 2. The number of nitrogens with one attached hydrogen (secondary N) is 1. The van der Waals surface area contributed by atoms with Gasteiger partial charge in [-0.2, -0.15) is 0 Å². The van der Waals surface area contributed by atoms with Crippen LogP contribution in [0.3, 0.4) is 0 Å². The standard InChI is InChI=1S/C16H22N2O3/c1-6-18(9-10(2)3)16(21)17-13-7-11(4)12(5)14(8-13)15(19)20/h7-8H,2,6,9H2,1,3-5H3,(H,17,21)(H,19,20). The summed E-state index contributed by atoms with van der Waals surface area (Å²) in [5.41, 5.74) is 3.11. The zero-order valence-corrected chi connectivity index (χ0v) is 13.0. The number of urea groups is 1. The van der Waals surface area contributed by atoms with Crippen LogP contribution in [-0.4, -0.2) is 35.1 Å². The molecule has 0 aromatic heterocycles. The fourth-order valence-electron chi connectivity index (χ4n) is 2.01. The molecule has 0 aliphatic carbocycles. The highest BCUT2D eigenvalue weighted by Gasteiger charge is 2.15. The summed E-state index contributed by atoms with van der Waals surface area (Å²) >= 11 is 0. The van der Waals surface area contributed by atoms with Gasteiger partial charge in [0.25, 0.3) is 0 Å². The second-order valence-corrected chi connectivity index (χ2v) is 5.17. The number of aryl methyl sites for hydroxylation is 1. The van der Waals surface area contributed by atoms with Crippen molar-refractivity contribution in [3.63, 3.8) is 0 Å². The molecule has 0 atom stereocenters. The molecule has 0 unspecified atom stereocenters. The van der Waals surface area contributed by atoms with E-state index < -0.39 is 5.97 Å². The zero-order chi connectivity index (χ0) is 16.2. The Morgan fingerprint density at radius 1 is 1.33 bits per heavy atom. The maximum absolute atomic E-state index is 12.2. The molecule has 1 rings (SSSR count). The van der Waals surface area contributed by atoms with Crippen molar-refractivity contribution in [3.05, 3.63) is 41.0 Å². The van der Waals surface area contributed by atoms with Gasteiger partial charge in [0, 0.05) is 18.8 Å². The number of carbonyl (C=O) groups excluding carboxylic acids is 1. The van der Waals surface area contributed by atoms with Gasteiger partial charge in [0.1, 0.15) is 0 Å². The fourth-order valence-corrected chi connectivity index (χ4v) is 2.01. The second-order valence-electron chi connectivity index (χ2n) is 5.17. The molecule has 114 valence electrons. The first-order chi connectivity index (χ1) is 9.76. The molecule has 0 saturated heterocycles. The third-order valence-corrected chi connectivity index (χ3v) is 3.28. The van der Waals surface area contributed by atoms with Crippen LogP contribution >= 0.6 is 0 Å². The van der Waals surface area contributed by atoms with Gasteiger partial charge in [-0.25, -0.2) is 9.59 Å². The van der Waals surface area contributed by atoms with Crippen molar-refractivity contribution in [1.82, 2.24) is 4.90 Å². The first-order valence-electron chi connectivity index (χ1n) is 6.81. The fraction of sp³-hybridized carbons (Fsp3) is 0.375. The van der Waals surface area contributed by atoms with Gasteiger partial charge in [0.05, 0.1) is 5.56 Å². The number of carboxylic acid groups (broad SMARTS) is 1. The van der Waals surface area contributed by atoms with Crippen molar-refractivity contribution in [1.29, 1.82) is 0 Å². The van der Waals surface area contributed by atoms with Crippen LogP contribution in [0, 0.1) is 13.8 Å². The number of likely N-dealkylation sites (N-methyl/N-ethyl adjacent to an activating group) is 1. The third kappa shape index (κ3) is 4.34. The number of aromatic carboxylic acids is 1. The van der Waals surface area contributed by atoms with Gasteiger partial charge in [-0.3, -0.25) is 0 Å². The molecule has 0 radical (unpaired) electrons. The summed E-state index contributed by atoms with van der Waals surface area (Å²) in [5.74, 6) is -0.999. The van der Waals surface area contributed by atoms with E-state index in [2.05, 4.69) is 11.9 Å². The molecule has 0 spiro atoms. The van der Waals surface area contributed by atoms with Crippen LogP contribution in [0.25, 0.3) is 0 Å². The van der Waals surface area contributed by atoms with E-state index in [1.165, 1.54) is 6.07 Å². The Kier molecular flexibility index (Phi) is 5.52. The molecule has 2 amide bonds. The Morgan fingerprint density at radius 2 is 1.95 bits per heavy atom. The number of carboxylic acids is 1. The predicted molar refractivity (Wildman–Crippen MR) is 84.0 cm³/mol. The zero-order valence-electron chi connectivity index (χ0n) is 13.0. The van der Waals surface area contributed by atoms with E-state index in [9.17, 15) is 14.7 Å². The van der Waals surface area contributed by atoms with Gasteiger partial charge in [-0.15, -0.1) is 0 Å². The van der Waals surface area contributed by atoms with Crippen molar-refractivity contribution < 1.29 is 14.7 Å². The maximum atomic E-state index is 12.2. The number of nitrogens with zero attached hydrogens (tertiary/aromatic N) is 1. The largest absolute Gasteiger partial charge is 0.478 e. The summed E-state index contributed by atoms with van der Waals surface area (Å²) in [6.07, 6.45) is 0. The first-order valence-corrected chi connectivity index (χ1v) is 6.81. The van der Waals surface area contributed by atoms with Gasteiger partial charge >= 0.3 is 12.0 Å². The quantitative estimate of drug-likeness (QED) is 0.816. The lowest BCUT2D eigenvalue weighted by atomic mass is 10.0. The highest BCUT2D eigenvalue weighted by Crippen LogP contribution is 2.20. The molecule has 0 aliphatic heterocycles. The van der Waals surface area contributed by atoms with Crippen molar-refractivity contribution >= 4 is 17.7 Å². The van der Waals surface area contributed by atoms with Crippen molar-refractivity contribution in [3.8, 4) is 0 Å². The molecule has 0 aliphatic rings. The van der Waals surface area contributed by atoms with Gasteiger partial charge in [-0.05, 0) is 51.0 Å². The minimum Gasteiger partial charge on any atom is -0.478 e. The molecular formula is C16H22N2O3. The SMILES string of the molecule is C=C(C)CN(CC)C(=O)Nc1cc(C)c(C)c(C(=O)O)c1. The summed E-state index contributed by atoms with van der Waals surface area (Å²) in [4.78, 5) is 25.0. The Labute approximate surface area is 125 Å². The summed E-state index contributed by atoms with van der Waals surface area (Å²) in [6.45, 7) is 12.1. The smallest absolute Gasteiger partial charge is 0.336 e. The molecule has 1 aromatic rings. The molecule has 1 aromatic carbocycles. The molecule has 0 bridgehead atoms. The van der Waals surface area contributed by atoms with Crippen LogP contribution in [0.2, 0.25) is 0 Å². The number of hydrogen-bond donors (Lipinski definition) is 2. The highest BCUT2D eigenvalue weighted by atomic mass is 16.4. The van der Waals surface area contributed by atoms with Crippen molar-refractivity contribution in [2.75, 3.05) is 18.4 Å². The first kappa shape index (κ1) is 16.8. The van der Waals surface area contributed by atoms with Crippen LogP contribution < -0.4 is 5.32 Å². The summed E-state index contributed by atoms with van der Waals surface area (Å²) in [7, 11) is 0. The highest BCUT2D eigenvalue weighted by molar-refractivity contribution is 5.94. The van der Waals surface area contributed by atoms with Crippen LogP contribution in [0.15, 0.2) is 24.3 Å². The average molecular weight is 290 g/mol. The number of benzene rings is 1. The van der Waals surface area contributed by atoms with E-state index in [1.807, 2.05) is 20.8 Å². The lowest BCUT2D eigenvalue weighted by Gasteiger charge is -2.22. The Bertz CT molecular complexity index is 579. The maximum Gasteiger partial charge on any atom is 0.336 e. The molecule has 5 nitrogen and oxygen atoms in total. The van der Waals surface area contributed by atoms with Crippen LogP contribution in [0.4, 0.5) is 10.5 Å². The number of rotatable bonds is 5. The normalized spacial score (nSPS) is 10.1. The van der Waals surface area contributed by atoms with Crippen molar-refractivity contribution in [2.24, 2.45) is 0 Å². The van der Waals surface area contributed by atoms with Gasteiger partial charge in [0.15, 0.2) is 0 Å². The summed E-state index contributed by atoms with van der Waals surface area (Å²) in [6, 6.07) is 2.99. The van der Waals surface area contributed by atoms with E-state index in [-0.39, 0.29) is 11.6 Å². The number of amides is 2.